The van der Waals surface area contributed by atoms with Crippen LogP contribution in [0.4, 0.5) is 0 Å². The lowest BCUT2D eigenvalue weighted by molar-refractivity contribution is 0.507. The molecule has 0 bridgehead atoms. The topological polar surface area (TPSA) is 39.1 Å². The van der Waals surface area contributed by atoms with E-state index in [-0.39, 0.29) is 17.2 Å². The van der Waals surface area contributed by atoms with Crippen LogP contribution in [0.15, 0.2) is 58.1 Å². The first-order valence-electron chi connectivity index (χ1n) is 7.21. The number of hydrogen-bond acceptors (Lipinski definition) is 2. The van der Waals surface area contributed by atoms with Crippen LogP contribution in [0.3, 0.4) is 0 Å². The zero-order valence-corrected chi connectivity index (χ0v) is 12.2. The Hall–Kier alpha value is -2.42. The Balaban J connectivity index is 2.72. The minimum absolute atomic E-state index is 0.121. The maximum atomic E-state index is 12.8. The minimum Gasteiger partial charge on any atom is -0.272 e. The maximum Gasteiger partial charge on any atom is 0.261 e. The van der Waals surface area contributed by atoms with E-state index in [9.17, 15) is 9.59 Å². The number of nitrogens with zero attached hydrogens (tertiary/aromatic N) is 1. The molecule has 1 atom stereocenters. The first kappa shape index (κ1) is 13.6. The van der Waals surface area contributed by atoms with E-state index < -0.39 is 0 Å². The predicted octanol–water partition coefficient (Wildman–Crippen LogP) is 3.49. The molecule has 0 spiro atoms. The Labute approximate surface area is 122 Å². The van der Waals surface area contributed by atoms with Gasteiger partial charge in [0.05, 0.1) is 0 Å². The molecule has 3 rings (SSSR count). The van der Waals surface area contributed by atoms with Crippen molar-refractivity contribution in [1.29, 1.82) is 0 Å². The summed E-state index contributed by atoms with van der Waals surface area (Å²) in [6, 6.07) is 14.7. The van der Waals surface area contributed by atoms with Gasteiger partial charge in [-0.05, 0) is 36.2 Å². The van der Waals surface area contributed by atoms with Crippen molar-refractivity contribution in [2.45, 2.75) is 26.3 Å². The highest BCUT2D eigenvalue weighted by Gasteiger charge is 2.13. The van der Waals surface area contributed by atoms with Crippen LogP contribution < -0.4 is 11.1 Å². The smallest absolute Gasteiger partial charge is 0.261 e. The fraction of sp³-hybridized carbons (Fsp3) is 0.222. The van der Waals surface area contributed by atoms with Crippen molar-refractivity contribution in [2.75, 3.05) is 0 Å². The number of benzene rings is 2. The van der Waals surface area contributed by atoms with Crippen LogP contribution in [-0.4, -0.2) is 4.57 Å². The van der Waals surface area contributed by atoms with Gasteiger partial charge < -0.3 is 0 Å². The van der Waals surface area contributed by atoms with E-state index in [2.05, 4.69) is 0 Å². The second-order valence-corrected chi connectivity index (χ2v) is 5.33. The Morgan fingerprint density at radius 2 is 1.19 bits per heavy atom. The summed E-state index contributed by atoms with van der Waals surface area (Å²) in [5.41, 5.74) is -0.415. The van der Waals surface area contributed by atoms with E-state index in [0.29, 0.717) is 10.8 Å². The van der Waals surface area contributed by atoms with Crippen LogP contribution >= 0.6 is 0 Å². The van der Waals surface area contributed by atoms with Gasteiger partial charge in [-0.3, -0.25) is 14.2 Å². The highest BCUT2D eigenvalue weighted by molar-refractivity contribution is 6.05. The highest BCUT2D eigenvalue weighted by Crippen LogP contribution is 2.20. The average molecular weight is 279 g/mol. The van der Waals surface area contributed by atoms with Gasteiger partial charge >= 0.3 is 0 Å². The fourth-order valence-corrected chi connectivity index (χ4v) is 2.74. The van der Waals surface area contributed by atoms with Gasteiger partial charge in [0.2, 0.25) is 0 Å². The molecule has 0 N–H and O–H groups in total. The van der Waals surface area contributed by atoms with Gasteiger partial charge in [0.1, 0.15) is 0 Å². The minimum atomic E-state index is -0.207. The van der Waals surface area contributed by atoms with Crippen LogP contribution in [0, 0.1) is 0 Å². The largest absolute Gasteiger partial charge is 0.272 e. The van der Waals surface area contributed by atoms with Gasteiger partial charge in [0, 0.05) is 16.8 Å². The lowest BCUT2D eigenvalue weighted by Gasteiger charge is -2.09. The molecular weight excluding hydrogens is 262 g/mol. The Kier molecular flexibility index (Phi) is 3.34. The normalized spacial score (nSPS) is 12.7. The third-order valence-electron chi connectivity index (χ3n) is 4.07. The standard InChI is InChI=1S/C18H17NO2/c1-3-12(2)19-17(20)15-10-6-4-8-13(15)14-9-5-7-11-16(14)18(19)21/h4-12H,3H2,1-2H3. The molecule has 21 heavy (non-hydrogen) atoms. The van der Waals surface area contributed by atoms with Crippen molar-refractivity contribution in [3.8, 4) is 0 Å². The van der Waals surface area contributed by atoms with Crippen molar-refractivity contribution in [1.82, 2.24) is 4.57 Å². The predicted molar refractivity (Wildman–Crippen MR) is 87.0 cm³/mol. The Bertz CT molecular complexity index is 868. The number of aromatic nitrogens is 1. The van der Waals surface area contributed by atoms with E-state index in [1.807, 2.05) is 50.2 Å². The zero-order chi connectivity index (χ0) is 15.0. The molecule has 3 nitrogen and oxygen atoms in total. The molecule has 0 saturated heterocycles. The van der Waals surface area contributed by atoms with Gasteiger partial charge in [-0.15, -0.1) is 0 Å². The van der Waals surface area contributed by atoms with Gasteiger partial charge in [-0.1, -0.05) is 43.3 Å². The summed E-state index contributed by atoms with van der Waals surface area (Å²) in [7, 11) is 0. The van der Waals surface area contributed by atoms with Gasteiger partial charge in [0.15, 0.2) is 0 Å². The summed E-state index contributed by atoms with van der Waals surface area (Å²) in [4.78, 5) is 25.6. The molecule has 1 aromatic heterocycles. The molecule has 1 unspecified atom stereocenters. The lowest BCUT2D eigenvalue weighted by Crippen LogP contribution is -2.32. The van der Waals surface area contributed by atoms with E-state index in [1.165, 1.54) is 4.57 Å². The SMILES string of the molecule is CCC(C)n1c(=O)c2ccccc2c2ccccc2c1=O. The van der Waals surface area contributed by atoms with Crippen molar-refractivity contribution in [2.24, 2.45) is 0 Å². The highest BCUT2D eigenvalue weighted by atomic mass is 16.2. The number of rotatable bonds is 2. The molecule has 0 radical (unpaired) electrons. The summed E-state index contributed by atoms with van der Waals surface area (Å²) >= 11 is 0. The Morgan fingerprint density at radius 1 is 0.810 bits per heavy atom. The molecule has 3 aromatic rings. The van der Waals surface area contributed by atoms with Gasteiger partial charge in [-0.2, -0.15) is 0 Å². The first-order valence-corrected chi connectivity index (χ1v) is 7.21. The summed E-state index contributed by atoms with van der Waals surface area (Å²) < 4.78 is 1.39. The van der Waals surface area contributed by atoms with E-state index in [1.54, 1.807) is 12.1 Å². The van der Waals surface area contributed by atoms with E-state index in [0.717, 1.165) is 17.2 Å². The van der Waals surface area contributed by atoms with E-state index >= 15 is 0 Å². The van der Waals surface area contributed by atoms with Crippen molar-refractivity contribution >= 4 is 21.5 Å². The van der Waals surface area contributed by atoms with Crippen molar-refractivity contribution < 1.29 is 0 Å². The lowest BCUT2D eigenvalue weighted by atomic mass is 10.1. The Morgan fingerprint density at radius 3 is 1.57 bits per heavy atom. The molecule has 0 aliphatic rings. The third-order valence-corrected chi connectivity index (χ3v) is 4.07. The average Bonchev–Trinajstić information content (AvgIpc) is 2.62. The van der Waals surface area contributed by atoms with Gasteiger partial charge in [-0.25, -0.2) is 0 Å². The molecule has 0 aliphatic heterocycles. The molecule has 0 aliphatic carbocycles. The zero-order valence-electron chi connectivity index (χ0n) is 12.2. The monoisotopic (exact) mass is 279 g/mol. The molecule has 0 saturated carbocycles. The van der Waals surface area contributed by atoms with Crippen molar-refractivity contribution in [3.05, 3.63) is 69.2 Å². The first-order chi connectivity index (χ1) is 10.1. The third kappa shape index (κ3) is 2.05. The van der Waals surface area contributed by atoms with E-state index in [4.69, 9.17) is 0 Å². The molecule has 1 heterocycles. The molecule has 0 amide bonds. The van der Waals surface area contributed by atoms with Crippen LogP contribution in [-0.2, 0) is 0 Å². The summed E-state index contributed by atoms with van der Waals surface area (Å²) in [5.74, 6) is 0. The van der Waals surface area contributed by atoms with Crippen molar-refractivity contribution in [3.63, 3.8) is 0 Å². The maximum absolute atomic E-state index is 12.8. The summed E-state index contributed by atoms with van der Waals surface area (Å²) in [5, 5.41) is 2.85. The van der Waals surface area contributed by atoms with Gasteiger partial charge in [0.25, 0.3) is 11.1 Å². The fourth-order valence-electron chi connectivity index (χ4n) is 2.74. The molecule has 3 heteroatoms. The quantitative estimate of drug-likeness (QED) is 0.720. The molecular formula is C18H17NO2. The number of fused-ring (bicyclic) bond motifs is 3. The molecule has 106 valence electrons. The molecule has 0 fully saturated rings. The van der Waals surface area contributed by atoms with Crippen LogP contribution in [0.5, 0.6) is 0 Å². The summed E-state index contributed by atoms with van der Waals surface area (Å²) in [6.45, 7) is 3.89. The summed E-state index contributed by atoms with van der Waals surface area (Å²) in [6.07, 6.45) is 0.738. The number of hydrogen-bond donors (Lipinski definition) is 0. The van der Waals surface area contributed by atoms with Crippen LogP contribution in [0.25, 0.3) is 21.5 Å². The second-order valence-electron chi connectivity index (χ2n) is 5.33. The van der Waals surface area contributed by atoms with Crippen LogP contribution in [0.2, 0.25) is 0 Å². The second kappa shape index (κ2) is 5.17. The molecule has 2 aromatic carbocycles. The van der Waals surface area contributed by atoms with Crippen LogP contribution in [0.1, 0.15) is 26.3 Å².